The molecule has 0 unspecified atom stereocenters. The van der Waals surface area contributed by atoms with Crippen molar-refractivity contribution in [2.24, 2.45) is 0 Å². The van der Waals surface area contributed by atoms with Gasteiger partial charge in [0.25, 0.3) is 5.91 Å². The molecule has 1 heterocycles. The van der Waals surface area contributed by atoms with Gasteiger partial charge in [-0.25, -0.2) is 4.79 Å². The molecule has 0 aliphatic carbocycles. The van der Waals surface area contributed by atoms with Gasteiger partial charge in [-0.2, -0.15) is 0 Å². The number of halogens is 1. The van der Waals surface area contributed by atoms with Gasteiger partial charge in [-0.05, 0) is 35.0 Å². The Morgan fingerprint density at radius 1 is 0.821 bits per heavy atom. The Balaban J connectivity index is 1.41. The SMILES string of the molecule is O=C(Nc1cccc(Cl)c1)N1CCN(C(=O)c2cccc3ccccc23)CC1. The second-order valence-electron chi connectivity index (χ2n) is 6.75. The number of amides is 3. The van der Waals surface area contributed by atoms with Gasteiger partial charge in [-0.1, -0.05) is 54.1 Å². The van der Waals surface area contributed by atoms with Crippen LogP contribution in [0.2, 0.25) is 5.02 Å². The van der Waals surface area contributed by atoms with Crippen molar-refractivity contribution in [2.75, 3.05) is 31.5 Å². The van der Waals surface area contributed by atoms with Crippen LogP contribution in [0.4, 0.5) is 10.5 Å². The largest absolute Gasteiger partial charge is 0.335 e. The molecule has 0 atom stereocenters. The summed E-state index contributed by atoms with van der Waals surface area (Å²) in [5, 5.41) is 5.43. The van der Waals surface area contributed by atoms with Crippen LogP contribution in [0.1, 0.15) is 10.4 Å². The fourth-order valence-electron chi connectivity index (χ4n) is 3.46. The lowest BCUT2D eigenvalue weighted by Gasteiger charge is -2.35. The summed E-state index contributed by atoms with van der Waals surface area (Å²) in [4.78, 5) is 29.0. The molecule has 4 rings (SSSR count). The molecule has 0 spiro atoms. The van der Waals surface area contributed by atoms with Crippen molar-refractivity contribution < 1.29 is 9.59 Å². The smallest absolute Gasteiger partial charge is 0.321 e. The highest BCUT2D eigenvalue weighted by atomic mass is 35.5. The molecule has 5 nitrogen and oxygen atoms in total. The lowest BCUT2D eigenvalue weighted by Crippen LogP contribution is -2.51. The third-order valence-electron chi connectivity index (χ3n) is 4.95. The van der Waals surface area contributed by atoms with E-state index < -0.39 is 0 Å². The second kappa shape index (κ2) is 7.90. The predicted octanol–water partition coefficient (Wildman–Crippen LogP) is 4.48. The predicted molar refractivity (Wildman–Crippen MR) is 112 cm³/mol. The maximum absolute atomic E-state index is 13.0. The van der Waals surface area contributed by atoms with Crippen molar-refractivity contribution in [3.63, 3.8) is 0 Å². The van der Waals surface area contributed by atoms with Crippen LogP contribution < -0.4 is 5.32 Å². The molecule has 1 N–H and O–H groups in total. The monoisotopic (exact) mass is 393 g/mol. The highest BCUT2D eigenvalue weighted by Gasteiger charge is 2.25. The zero-order chi connectivity index (χ0) is 19.5. The first kappa shape index (κ1) is 18.3. The average molecular weight is 394 g/mol. The number of urea groups is 1. The Kier molecular flexibility index (Phi) is 5.17. The van der Waals surface area contributed by atoms with E-state index in [0.29, 0.717) is 42.5 Å². The number of benzene rings is 3. The molecule has 1 saturated heterocycles. The Labute approximate surface area is 168 Å². The lowest BCUT2D eigenvalue weighted by molar-refractivity contribution is 0.0673. The molecule has 142 valence electrons. The Morgan fingerprint density at radius 2 is 1.50 bits per heavy atom. The molecule has 3 aromatic carbocycles. The molecule has 0 radical (unpaired) electrons. The van der Waals surface area contributed by atoms with E-state index in [4.69, 9.17) is 11.6 Å². The molecule has 1 aliphatic heterocycles. The van der Waals surface area contributed by atoms with E-state index in [1.54, 1.807) is 29.2 Å². The van der Waals surface area contributed by atoms with E-state index in [2.05, 4.69) is 5.32 Å². The van der Waals surface area contributed by atoms with Gasteiger partial charge >= 0.3 is 6.03 Å². The number of rotatable bonds is 2. The molecule has 3 aromatic rings. The molecule has 1 aliphatic rings. The van der Waals surface area contributed by atoms with Crippen molar-refractivity contribution in [1.29, 1.82) is 0 Å². The summed E-state index contributed by atoms with van der Waals surface area (Å²) in [6, 6.07) is 20.5. The first-order valence-corrected chi connectivity index (χ1v) is 9.58. The third kappa shape index (κ3) is 3.80. The highest BCUT2D eigenvalue weighted by molar-refractivity contribution is 6.30. The molecule has 28 heavy (non-hydrogen) atoms. The van der Waals surface area contributed by atoms with Crippen molar-refractivity contribution in [3.8, 4) is 0 Å². The Hall–Kier alpha value is -3.05. The van der Waals surface area contributed by atoms with Gasteiger partial charge in [-0.15, -0.1) is 0 Å². The summed E-state index contributed by atoms with van der Waals surface area (Å²) in [7, 11) is 0. The standard InChI is InChI=1S/C22H20ClN3O2/c23-17-7-4-8-18(15-17)24-22(28)26-13-11-25(12-14-26)21(27)20-10-3-6-16-5-1-2-9-19(16)20/h1-10,15H,11-14H2,(H,24,28). The summed E-state index contributed by atoms with van der Waals surface area (Å²) in [6.07, 6.45) is 0. The molecular weight excluding hydrogens is 374 g/mol. The molecule has 0 saturated carbocycles. The fourth-order valence-corrected chi connectivity index (χ4v) is 3.65. The lowest BCUT2D eigenvalue weighted by atomic mass is 10.0. The van der Waals surface area contributed by atoms with Crippen LogP contribution in [0.3, 0.4) is 0 Å². The fraction of sp³-hybridized carbons (Fsp3) is 0.182. The Bertz CT molecular complexity index is 1020. The van der Waals surface area contributed by atoms with E-state index in [-0.39, 0.29) is 11.9 Å². The first-order valence-electron chi connectivity index (χ1n) is 9.20. The minimum atomic E-state index is -0.181. The summed E-state index contributed by atoms with van der Waals surface area (Å²) in [5.41, 5.74) is 1.36. The highest BCUT2D eigenvalue weighted by Crippen LogP contribution is 2.21. The van der Waals surface area contributed by atoms with E-state index in [9.17, 15) is 9.59 Å². The van der Waals surface area contributed by atoms with Crippen molar-refractivity contribution in [2.45, 2.75) is 0 Å². The number of hydrogen-bond donors (Lipinski definition) is 1. The number of fused-ring (bicyclic) bond motifs is 1. The van der Waals surface area contributed by atoms with Gasteiger partial charge in [0.05, 0.1) is 0 Å². The van der Waals surface area contributed by atoms with Gasteiger partial charge in [0, 0.05) is 42.5 Å². The maximum atomic E-state index is 13.0. The molecular formula is C22H20ClN3O2. The van der Waals surface area contributed by atoms with Crippen LogP contribution in [-0.2, 0) is 0 Å². The number of piperazine rings is 1. The van der Waals surface area contributed by atoms with E-state index in [0.717, 1.165) is 10.8 Å². The van der Waals surface area contributed by atoms with Gasteiger partial charge in [-0.3, -0.25) is 4.79 Å². The van der Waals surface area contributed by atoms with Gasteiger partial charge in [0.2, 0.25) is 0 Å². The minimum Gasteiger partial charge on any atom is -0.335 e. The average Bonchev–Trinajstić information content (AvgIpc) is 2.73. The Morgan fingerprint density at radius 3 is 2.29 bits per heavy atom. The maximum Gasteiger partial charge on any atom is 0.321 e. The summed E-state index contributed by atoms with van der Waals surface area (Å²) >= 11 is 5.96. The quantitative estimate of drug-likeness (QED) is 0.697. The van der Waals surface area contributed by atoms with E-state index in [1.165, 1.54) is 0 Å². The third-order valence-corrected chi connectivity index (χ3v) is 5.19. The number of carbonyl (C=O) groups excluding carboxylic acids is 2. The second-order valence-corrected chi connectivity index (χ2v) is 7.18. The minimum absolute atomic E-state index is 0.00620. The van der Waals surface area contributed by atoms with Crippen LogP contribution in [0, 0.1) is 0 Å². The first-order chi connectivity index (χ1) is 13.6. The normalized spacial score (nSPS) is 14.2. The van der Waals surface area contributed by atoms with Crippen molar-refractivity contribution in [3.05, 3.63) is 77.3 Å². The number of nitrogens with one attached hydrogen (secondary N) is 1. The van der Waals surface area contributed by atoms with Gasteiger partial charge in [0.15, 0.2) is 0 Å². The number of carbonyl (C=O) groups is 2. The molecule has 3 amide bonds. The zero-order valence-corrected chi connectivity index (χ0v) is 16.0. The van der Waals surface area contributed by atoms with Crippen molar-refractivity contribution in [1.82, 2.24) is 9.80 Å². The summed E-state index contributed by atoms with van der Waals surface area (Å²) < 4.78 is 0. The van der Waals surface area contributed by atoms with Crippen LogP contribution in [0.5, 0.6) is 0 Å². The molecule has 1 fully saturated rings. The number of nitrogens with zero attached hydrogens (tertiary/aromatic N) is 2. The molecule has 0 aromatic heterocycles. The number of anilines is 1. The van der Waals surface area contributed by atoms with Crippen LogP contribution in [0.25, 0.3) is 10.8 Å². The summed E-state index contributed by atoms with van der Waals surface area (Å²) in [5.74, 6) is 0.00620. The topological polar surface area (TPSA) is 52.7 Å². The van der Waals surface area contributed by atoms with Crippen LogP contribution >= 0.6 is 11.6 Å². The van der Waals surface area contributed by atoms with Gasteiger partial charge < -0.3 is 15.1 Å². The molecule has 6 heteroatoms. The van der Waals surface area contributed by atoms with Crippen LogP contribution in [-0.4, -0.2) is 47.9 Å². The number of hydrogen-bond acceptors (Lipinski definition) is 2. The summed E-state index contributed by atoms with van der Waals surface area (Å²) in [6.45, 7) is 1.99. The van der Waals surface area contributed by atoms with E-state index in [1.807, 2.05) is 47.4 Å². The van der Waals surface area contributed by atoms with Crippen LogP contribution in [0.15, 0.2) is 66.7 Å². The van der Waals surface area contributed by atoms with Crippen molar-refractivity contribution >= 4 is 40.0 Å². The molecule has 0 bridgehead atoms. The van der Waals surface area contributed by atoms with E-state index >= 15 is 0 Å². The zero-order valence-electron chi connectivity index (χ0n) is 15.3. The van der Waals surface area contributed by atoms with Gasteiger partial charge in [0.1, 0.15) is 0 Å².